The average molecular weight is 270 g/mol. The van der Waals surface area contributed by atoms with Crippen LogP contribution >= 0.6 is 11.3 Å². The zero-order chi connectivity index (χ0) is 12.9. The molecule has 0 bridgehead atoms. The van der Waals surface area contributed by atoms with Crippen LogP contribution in [0.1, 0.15) is 11.1 Å². The summed E-state index contributed by atoms with van der Waals surface area (Å²) in [5, 5.41) is 14.8. The van der Waals surface area contributed by atoms with E-state index in [1.165, 1.54) is 5.56 Å². The van der Waals surface area contributed by atoms with Crippen LogP contribution in [0.2, 0.25) is 0 Å². The van der Waals surface area contributed by atoms with E-state index in [1.807, 2.05) is 24.5 Å². The van der Waals surface area contributed by atoms with Crippen LogP contribution in [0.25, 0.3) is 11.3 Å². The first-order chi connectivity index (χ1) is 9.43. The van der Waals surface area contributed by atoms with Crippen LogP contribution in [0, 0.1) is 0 Å². The van der Waals surface area contributed by atoms with E-state index in [-0.39, 0.29) is 0 Å². The summed E-state index contributed by atoms with van der Waals surface area (Å²) in [7, 11) is 0. The molecular weight excluding hydrogens is 256 g/mol. The lowest BCUT2D eigenvalue weighted by Crippen LogP contribution is -2.12. The number of thiophene rings is 1. The fourth-order valence-corrected chi connectivity index (χ4v) is 2.61. The second-order valence-corrected chi connectivity index (χ2v) is 5.03. The molecule has 0 unspecified atom stereocenters. The number of hydrogen-bond acceptors (Lipinski definition) is 4. The molecule has 0 spiro atoms. The zero-order valence-corrected chi connectivity index (χ0v) is 11.2. The van der Waals surface area contributed by atoms with Gasteiger partial charge < -0.3 is 5.32 Å². The SMILES string of the molecule is c1cncc(-c2[nH]ncc2CNCc2ccsc2)c1. The second kappa shape index (κ2) is 5.77. The zero-order valence-electron chi connectivity index (χ0n) is 10.3. The van der Waals surface area contributed by atoms with Crippen molar-refractivity contribution < 1.29 is 0 Å². The molecule has 0 aromatic carbocycles. The van der Waals surface area contributed by atoms with Gasteiger partial charge in [0.25, 0.3) is 0 Å². The van der Waals surface area contributed by atoms with Gasteiger partial charge in [-0.1, -0.05) is 0 Å². The monoisotopic (exact) mass is 270 g/mol. The highest BCUT2D eigenvalue weighted by atomic mass is 32.1. The van der Waals surface area contributed by atoms with Gasteiger partial charge in [0, 0.05) is 36.6 Å². The number of rotatable bonds is 5. The van der Waals surface area contributed by atoms with Gasteiger partial charge in [-0.2, -0.15) is 16.4 Å². The average Bonchev–Trinajstić information content (AvgIpc) is 3.11. The van der Waals surface area contributed by atoms with Crippen LogP contribution in [-0.2, 0) is 13.1 Å². The molecule has 3 rings (SSSR count). The van der Waals surface area contributed by atoms with Crippen molar-refractivity contribution >= 4 is 11.3 Å². The molecule has 3 aromatic heterocycles. The van der Waals surface area contributed by atoms with Crippen LogP contribution in [0.4, 0.5) is 0 Å². The Hall–Kier alpha value is -1.98. The minimum absolute atomic E-state index is 0.788. The van der Waals surface area contributed by atoms with Crippen molar-refractivity contribution in [2.75, 3.05) is 0 Å². The van der Waals surface area contributed by atoms with Crippen molar-refractivity contribution in [3.8, 4) is 11.3 Å². The Labute approximate surface area is 115 Å². The Bertz CT molecular complexity index is 616. The van der Waals surface area contributed by atoms with Gasteiger partial charge in [0.15, 0.2) is 0 Å². The van der Waals surface area contributed by atoms with Crippen molar-refractivity contribution in [2.24, 2.45) is 0 Å². The molecule has 0 aliphatic carbocycles. The second-order valence-electron chi connectivity index (χ2n) is 4.25. The third-order valence-electron chi connectivity index (χ3n) is 2.89. The van der Waals surface area contributed by atoms with Gasteiger partial charge in [0.2, 0.25) is 0 Å². The number of pyridine rings is 1. The maximum absolute atomic E-state index is 4.14. The smallest absolute Gasteiger partial charge is 0.0710 e. The summed E-state index contributed by atoms with van der Waals surface area (Å²) in [5.74, 6) is 0. The normalized spacial score (nSPS) is 10.7. The lowest BCUT2D eigenvalue weighted by Gasteiger charge is -2.04. The third kappa shape index (κ3) is 2.89. The van der Waals surface area contributed by atoms with E-state index in [0.29, 0.717) is 0 Å². The molecule has 0 saturated heterocycles. The Morgan fingerprint density at radius 2 is 2.21 bits per heavy atom. The summed E-state index contributed by atoms with van der Waals surface area (Å²) in [6, 6.07) is 6.09. The topological polar surface area (TPSA) is 53.6 Å². The Balaban J connectivity index is 1.67. The highest BCUT2D eigenvalue weighted by Gasteiger charge is 2.07. The molecule has 19 heavy (non-hydrogen) atoms. The van der Waals surface area contributed by atoms with Crippen LogP contribution < -0.4 is 5.32 Å². The molecular formula is C14H14N4S. The maximum atomic E-state index is 4.14. The summed E-state index contributed by atoms with van der Waals surface area (Å²) in [4.78, 5) is 4.14. The number of nitrogens with zero attached hydrogens (tertiary/aromatic N) is 2. The quantitative estimate of drug-likeness (QED) is 0.749. The largest absolute Gasteiger partial charge is 0.308 e. The Kier molecular flexibility index (Phi) is 3.67. The fourth-order valence-electron chi connectivity index (χ4n) is 1.94. The summed E-state index contributed by atoms with van der Waals surface area (Å²) in [5.41, 5.74) is 4.57. The molecule has 0 fully saturated rings. The first kappa shape index (κ1) is 12.1. The van der Waals surface area contributed by atoms with Gasteiger partial charge in [-0.25, -0.2) is 0 Å². The maximum Gasteiger partial charge on any atom is 0.0710 e. The highest BCUT2D eigenvalue weighted by Crippen LogP contribution is 2.19. The lowest BCUT2D eigenvalue weighted by atomic mass is 10.1. The fraction of sp³-hybridized carbons (Fsp3) is 0.143. The molecule has 0 aliphatic heterocycles. The van der Waals surface area contributed by atoms with Crippen molar-refractivity contribution in [3.05, 3.63) is 58.7 Å². The first-order valence-corrected chi connectivity index (χ1v) is 7.02. The number of aromatic amines is 1. The summed E-state index contributed by atoms with van der Waals surface area (Å²) in [6.45, 7) is 1.66. The molecule has 0 aliphatic rings. The van der Waals surface area contributed by atoms with Gasteiger partial charge in [-0.15, -0.1) is 0 Å². The van der Waals surface area contributed by atoms with E-state index in [4.69, 9.17) is 0 Å². The van der Waals surface area contributed by atoms with E-state index in [0.717, 1.165) is 29.9 Å². The third-order valence-corrected chi connectivity index (χ3v) is 3.62. The Morgan fingerprint density at radius 1 is 1.21 bits per heavy atom. The predicted molar refractivity (Wildman–Crippen MR) is 76.7 cm³/mol. The molecule has 0 amide bonds. The van der Waals surface area contributed by atoms with Crippen LogP contribution in [-0.4, -0.2) is 15.2 Å². The summed E-state index contributed by atoms with van der Waals surface area (Å²) >= 11 is 1.72. The van der Waals surface area contributed by atoms with Crippen molar-refractivity contribution in [2.45, 2.75) is 13.1 Å². The molecule has 5 heteroatoms. The van der Waals surface area contributed by atoms with Crippen LogP contribution in [0.3, 0.4) is 0 Å². The standard InChI is InChI=1S/C14H14N4S/c1-2-12(7-15-4-1)14-13(9-17-18-14)8-16-6-11-3-5-19-10-11/h1-5,7,9-10,16H,6,8H2,(H,17,18). The summed E-state index contributed by atoms with van der Waals surface area (Å²) < 4.78 is 0. The van der Waals surface area contributed by atoms with Crippen molar-refractivity contribution in [1.29, 1.82) is 0 Å². The first-order valence-electron chi connectivity index (χ1n) is 6.08. The molecule has 3 aromatic rings. The van der Waals surface area contributed by atoms with Gasteiger partial charge >= 0.3 is 0 Å². The summed E-state index contributed by atoms with van der Waals surface area (Å²) in [6.07, 6.45) is 5.48. The number of hydrogen-bond donors (Lipinski definition) is 2. The minimum Gasteiger partial charge on any atom is -0.308 e. The number of aromatic nitrogens is 3. The number of H-pyrrole nitrogens is 1. The lowest BCUT2D eigenvalue weighted by molar-refractivity contribution is 0.696. The molecule has 0 saturated carbocycles. The van der Waals surface area contributed by atoms with E-state index < -0.39 is 0 Å². The highest BCUT2D eigenvalue weighted by molar-refractivity contribution is 7.07. The molecule has 0 radical (unpaired) electrons. The Morgan fingerprint density at radius 3 is 3.00 bits per heavy atom. The molecule has 96 valence electrons. The van der Waals surface area contributed by atoms with Crippen molar-refractivity contribution in [1.82, 2.24) is 20.5 Å². The van der Waals surface area contributed by atoms with Crippen LogP contribution in [0.15, 0.2) is 47.5 Å². The van der Waals surface area contributed by atoms with E-state index in [1.54, 1.807) is 17.5 Å². The molecule has 2 N–H and O–H groups in total. The van der Waals surface area contributed by atoms with Gasteiger partial charge in [-0.3, -0.25) is 10.1 Å². The molecule has 4 nitrogen and oxygen atoms in total. The molecule has 0 atom stereocenters. The van der Waals surface area contributed by atoms with Gasteiger partial charge in [0.1, 0.15) is 0 Å². The minimum atomic E-state index is 0.788. The van der Waals surface area contributed by atoms with E-state index in [9.17, 15) is 0 Å². The van der Waals surface area contributed by atoms with E-state index >= 15 is 0 Å². The van der Waals surface area contributed by atoms with Gasteiger partial charge in [0.05, 0.1) is 11.9 Å². The molecule has 3 heterocycles. The van der Waals surface area contributed by atoms with Crippen LogP contribution in [0.5, 0.6) is 0 Å². The predicted octanol–water partition coefficient (Wildman–Crippen LogP) is 2.82. The van der Waals surface area contributed by atoms with E-state index in [2.05, 4.69) is 37.3 Å². The van der Waals surface area contributed by atoms with Gasteiger partial charge in [-0.05, 0) is 34.5 Å². The number of nitrogens with one attached hydrogen (secondary N) is 2. The van der Waals surface area contributed by atoms with Crippen molar-refractivity contribution in [3.63, 3.8) is 0 Å².